The number of primary amides is 1. The maximum absolute atomic E-state index is 11.6. The minimum absolute atomic E-state index is 0.264. The number of thioether (sulfide) groups is 1. The summed E-state index contributed by atoms with van der Waals surface area (Å²) in [5.74, 6) is 1.66. The first-order valence-corrected chi connectivity index (χ1v) is 9.28. The molecule has 0 fully saturated rings. The smallest absolute Gasteiger partial charge is 0.237 e. The summed E-state index contributed by atoms with van der Waals surface area (Å²) in [5.41, 5.74) is 4.93. The fourth-order valence-electron chi connectivity index (χ4n) is 1.88. The predicted molar refractivity (Wildman–Crippen MR) is 89.8 cm³/mol. The van der Waals surface area contributed by atoms with E-state index < -0.39 is 5.54 Å². The van der Waals surface area contributed by atoms with Gasteiger partial charge in [0.1, 0.15) is 5.82 Å². The molecule has 1 aromatic rings. The Morgan fingerprint density at radius 3 is 2.76 bits per heavy atom. The van der Waals surface area contributed by atoms with E-state index in [2.05, 4.69) is 28.5 Å². The number of aryl methyl sites for hydroxylation is 1. The van der Waals surface area contributed by atoms with Crippen LogP contribution in [-0.4, -0.2) is 33.1 Å². The molecule has 120 valence electrons. The molecule has 1 unspecified atom stereocenters. The first kappa shape index (κ1) is 18.4. The van der Waals surface area contributed by atoms with Crippen LogP contribution in [0.3, 0.4) is 0 Å². The fraction of sp³-hybridized carbons (Fsp3) is 0.786. The number of nitrogens with one attached hydrogen (secondary N) is 1. The maximum atomic E-state index is 11.6. The van der Waals surface area contributed by atoms with Crippen LogP contribution in [0.5, 0.6) is 0 Å². The number of aromatic nitrogens is 2. The molecule has 0 spiro atoms. The van der Waals surface area contributed by atoms with Crippen LogP contribution < -0.4 is 11.1 Å². The largest absolute Gasteiger partial charge is 0.368 e. The van der Waals surface area contributed by atoms with Crippen molar-refractivity contribution in [3.63, 3.8) is 0 Å². The molecule has 0 aliphatic carbocycles. The second-order valence-electron chi connectivity index (χ2n) is 5.26. The van der Waals surface area contributed by atoms with Crippen molar-refractivity contribution in [2.45, 2.75) is 62.8 Å². The molecule has 0 aliphatic heterocycles. The van der Waals surface area contributed by atoms with E-state index in [1.165, 1.54) is 11.5 Å². The van der Waals surface area contributed by atoms with Crippen molar-refractivity contribution in [1.82, 2.24) is 14.7 Å². The molecule has 0 saturated carbocycles. The quantitative estimate of drug-likeness (QED) is 0.481. The molecule has 0 radical (unpaired) electrons. The highest BCUT2D eigenvalue weighted by atomic mass is 32.2. The van der Waals surface area contributed by atoms with Gasteiger partial charge in [-0.25, -0.2) is 4.98 Å². The van der Waals surface area contributed by atoms with Gasteiger partial charge in [-0.05, 0) is 44.3 Å². The Hall–Kier alpha value is -0.660. The van der Waals surface area contributed by atoms with Crippen LogP contribution in [0.15, 0.2) is 4.34 Å². The second kappa shape index (κ2) is 9.38. The molecule has 7 heteroatoms. The lowest BCUT2D eigenvalue weighted by Gasteiger charge is -2.27. The van der Waals surface area contributed by atoms with E-state index in [-0.39, 0.29) is 5.91 Å². The summed E-state index contributed by atoms with van der Waals surface area (Å²) in [5, 5.41) is 3.26. The number of nitrogens with zero attached hydrogens (tertiary/aromatic N) is 2. The zero-order chi connectivity index (χ0) is 15.7. The van der Waals surface area contributed by atoms with E-state index in [9.17, 15) is 4.79 Å². The highest BCUT2D eigenvalue weighted by molar-refractivity contribution is 8.00. The number of nitrogens with two attached hydrogens (primary N) is 1. The fourth-order valence-corrected chi connectivity index (χ4v) is 3.65. The van der Waals surface area contributed by atoms with Gasteiger partial charge in [0.15, 0.2) is 4.34 Å². The Kier molecular flexibility index (Phi) is 8.21. The first-order chi connectivity index (χ1) is 10.0. The van der Waals surface area contributed by atoms with Gasteiger partial charge >= 0.3 is 0 Å². The van der Waals surface area contributed by atoms with Crippen LogP contribution in [0.25, 0.3) is 0 Å². The van der Waals surface area contributed by atoms with Crippen LogP contribution in [0.2, 0.25) is 0 Å². The van der Waals surface area contributed by atoms with Crippen molar-refractivity contribution in [3.8, 4) is 0 Å². The summed E-state index contributed by atoms with van der Waals surface area (Å²) in [6, 6.07) is 0. The zero-order valence-corrected chi connectivity index (χ0v) is 14.8. The Bertz CT molecular complexity index is 438. The monoisotopic (exact) mass is 330 g/mol. The number of hydrogen-bond donors (Lipinski definition) is 2. The summed E-state index contributed by atoms with van der Waals surface area (Å²) in [6.45, 7) is 6.86. The third kappa shape index (κ3) is 6.32. The Labute approximate surface area is 135 Å². The minimum atomic E-state index is -0.585. The average molecular weight is 331 g/mol. The highest BCUT2D eigenvalue weighted by Gasteiger charge is 2.29. The summed E-state index contributed by atoms with van der Waals surface area (Å²) >= 11 is 3.21. The van der Waals surface area contributed by atoms with E-state index in [4.69, 9.17) is 5.73 Å². The van der Waals surface area contributed by atoms with Gasteiger partial charge < -0.3 is 11.1 Å². The van der Waals surface area contributed by atoms with Crippen LogP contribution in [0, 0.1) is 0 Å². The summed E-state index contributed by atoms with van der Waals surface area (Å²) in [4.78, 5) is 16.0. The molecular formula is C14H26N4OS2. The van der Waals surface area contributed by atoms with Gasteiger partial charge in [0.2, 0.25) is 5.91 Å². The van der Waals surface area contributed by atoms with Crippen molar-refractivity contribution in [3.05, 3.63) is 5.82 Å². The van der Waals surface area contributed by atoms with E-state index in [0.717, 1.165) is 54.6 Å². The third-order valence-corrected chi connectivity index (χ3v) is 5.33. The molecular weight excluding hydrogens is 304 g/mol. The first-order valence-electron chi connectivity index (χ1n) is 7.52. The maximum Gasteiger partial charge on any atom is 0.237 e. The van der Waals surface area contributed by atoms with Gasteiger partial charge in [0.05, 0.1) is 5.54 Å². The summed E-state index contributed by atoms with van der Waals surface area (Å²) in [7, 11) is 0. The standard InChI is InChI=1S/C14H26N4OS2/c1-4-9-16-14(3,12(15)19)8-6-7-10-20-13-17-11(5-2)18-21-13/h16H,4-10H2,1-3H3,(H2,15,19). The lowest BCUT2D eigenvalue weighted by molar-refractivity contribution is -0.124. The molecule has 1 heterocycles. The molecule has 0 saturated heterocycles. The van der Waals surface area contributed by atoms with Crippen molar-refractivity contribution >= 4 is 29.2 Å². The Morgan fingerprint density at radius 1 is 1.43 bits per heavy atom. The Balaban J connectivity index is 2.26. The van der Waals surface area contributed by atoms with Crippen LogP contribution in [-0.2, 0) is 11.2 Å². The third-order valence-electron chi connectivity index (χ3n) is 3.37. The molecule has 0 bridgehead atoms. The van der Waals surface area contributed by atoms with Crippen LogP contribution in [0.1, 0.15) is 52.3 Å². The normalized spacial score (nSPS) is 14.0. The number of hydrogen-bond acceptors (Lipinski definition) is 6. The van der Waals surface area contributed by atoms with Crippen molar-refractivity contribution in [2.75, 3.05) is 12.3 Å². The number of carbonyl (C=O) groups excluding carboxylic acids is 1. The van der Waals surface area contributed by atoms with Crippen molar-refractivity contribution in [2.24, 2.45) is 5.73 Å². The number of rotatable bonds is 11. The topological polar surface area (TPSA) is 80.9 Å². The summed E-state index contributed by atoms with van der Waals surface area (Å²) < 4.78 is 5.30. The number of unbranched alkanes of at least 4 members (excludes halogenated alkanes) is 1. The molecule has 21 heavy (non-hydrogen) atoms. The van der Waals surface area contributed by atoms with Gasteiger partial charge in [-0.2, -0.15) is 4.37 Å². The second-order valence-corrected chi connectivity index (χ2v) is 7.35. The predicted octanol–water partition coefficient (Wildman–Crippen LogP) is 2.61. The highest BCUT2D eigenvalue weighted by Crippen LogP contribution is 2.23. The average Bonchev–Trinajstić information content (AvgIpc) is 2.92. The van der Waals surface area contributed by atoms with Gasteiger partial charge in [0, 0.05) is 12.2 Å². The van der Waals surface area contributed by atoms with E-state index in [0.29, 0.717) is 0 Å². The zero-order valence-electron chi connectivity index (χ0n) is 13.1. The lowest BCUT2D eigenvalue weighted by Crippen LogP contribution is -2.53. The SMILES string of the molecule is CCCNC(C)(CCCCSc1nc(CC)ns1)C(N)=O. The number of amides is 1. The van der Waals surface area contributed by atoms with Crippen molar-refractivity contribution < 1.29 is 4.79 Å². The minimum Gasteiger partial charge on any atom is -0.368 e. The van der Waals surface area contributed by atoms with Gasteiger partial charge in [-0.15, -0.1) is 0 Å². The van der Waals surface area contributed by atoms with E-state index in [1.54, 1.807) is 11.8 Å². The molecule has 1 atom stereocenters. The summed E-state index contributed by atoms with van der Waals surface area (Å²) in [6.07, 6.45) is 4.68. The molecule has 0 aromatic carbocycles. The van der Waals surface area contributed by atoms with Gasteiger partial charge in [-0.1, -0.05) is 32.0 Å². The number of carbonyl (C=O) groups is 1. The van der Waals surface area contributed by atoms with Crippen LogP contribution in [0.4, 0.5) is 0 Å². The molecule has 0 aliphatic rings. The van der Waals surface area contributed by atoms with E-state index in [1.807, 2.05) is 6.92 Å². The molecule has 1 rings (SSSR count). The Morgan fingerprint density at radius 2 is 2.19 bits per heavy atom. The molecule has 3 N–H and O–H groups in total. The van der Waals surface area contributed by atoms with Gasteiger partial charge in [-0.3, -0.25) is 4.79 Å². The lowest BCUT2D eigenvalue weighted by atomic mass is 9.94. The van der Waals surface area contributed by atoms with Gasteiger partial charge in [0.25, 0.3) is 0 Å². The van der Waals surface area contributed by atoms with E-state index >= 15 is 0 Å². The van der Waals surface area contributed by atoms with Crippen molar-refractivity contribution in [1.29, 1.82) is 0 Å². The molecule has 5 nitrogen and oxygen atoms in total. The van der Waals surface area contributed by atoms with Crippen LogP contribution >= 0.6 is 23.3 Å². The molecule has 1 aromatic heterocycles. The molecule has 1 amide bonds.